The first-order valence-electron chi connectivity index (χ1n) is 6.60. The Balaban J connectivity index is 1.57. The van der Waals surface area contributed by atoms with Crippen LogP contribution in [0.25, 0.3) is 11.0 Å². The Bertz CT molecular complexity index is 769. The molecular formula is C15H13N3OSe. The van der Waals surface area contributed by atoms with Crippen molar-refractivity contribution in [3.63, 3.8) is 0 Å². The molecule has 0 bridgehead atoms. The molecule has 5 heteroatoms. The van der Waals surface area contributed by atoms with Crippen molar-refractivity contribution in [2.24, 2.45) is 0 Å². The Morgan fingerprint density at radius 2 is 2.20 bits per heavy atom. The van der Waals surface area contributed by atoms with Gasteiger partial charge in [0.2, 0.25) is 0 Å². The summed E-state index contributed by atoms with van der Waals surface area (Å²) in [5.41, 5.74) is 5.68. The Morgan fingerprint density at radius 1 is 1.20 bits per heavy atom. The molecule has 20 heavy (non-hydrogen) atoms. The third kappa shape index (κ3) is 2.09. The van der Waals surface area contributed by atoms with Gasteiger partial charge in [0, 0.05) is 0 Å². The summed E-state index contributed by atoms with van der Waals surface area (Å²) in [4.78, 5) is 0. The SMILES string of the molecule is c1cc(NCc2ccc3c(c2)CCO3)c2n[se]nc2c1. The molecule has 3 aromatic rings. The Morgan fingerprint density at radius 3 is 3.20 bits per heavy atom. The number of aromatic nitrogens is 2. The minimum absolute atomic E-state index is 0.0189. The van der Waals surface area contributed by atoms with Crippen molar-refractivity contribution < 1.29 is 4.74 Å². The molecular weight excluding hydrogens is 317 g/mol. The molecule has 4 rings (SSSR count). The van der Waals surface area contributed by atoms with E-state index < -0.39 is 0 Å². The van der Waals surface area contributed by atoms with Gasteiger partial charge >= 0.3 is 123 Å². The van der Waals surface area contributed by atoms with Crippen LogP contribution < -0.4 is 10.1 Å². The van der Waals surface area contributed by atoms with Crippen LogP contribution in [0.15, 0.2) is 36.4 Å². The molecule has 0 spiro atoms. The van der Waals surface area contributed by atoms with Crippen LogP contribution >= 0.6 is 0 Å². The average Bonchev–Trinajstić information content (AvgIpc) is 3.13. The Hall–Kier alpha value is -1.84. The Kier molecular flexibility index (Phi) is 2.94. The van der Waals surface area contributed by atoms with Crippen molar-refractivity contribution in [2.45, 2.75) is 13.0 Å². The maximum absolute atomic E-state index is 5.53. The second-order valence-electron chi connectivity index (χ2n) is 4.83. The summed E-state index contributed by atoms with van der Waals surface area (Å²) < 4.78 is 14.4. The molecule has 1 N–H and O–H groups in total. The van der Waals surface area contributed by atoms with Crippen LogP contribution in [0.1, 0.15) is 11.1 Å². The van der Waals surface area contributed by atoms with Crippen LogP contribution in [0, 0.1) is 0 Å². The van der Waals surface area contributed by atoms with Gasteiger partial charge in [-0.1, -0.05) is 0 Å². The van der Waals surface area contributed by atoms with Gasteiger partial charge in [-0.15, -0.1) is 0 Å². The number of anilines is 1. The van der Waals surface area contributed by atoms with Gasteiger partial charge in [-0.25, -0.2) is 0 Å². The second kappa shape index (κ2) is 4.93. The van der Waals surface area contributed by atoms with Gasteiger partial charge in [-0.2, -0.15) is 0 Å². The van der Waals surface area contributed by atoms with Crippen LogP contribution in [0.5, 0.6) is 5.75 Å². The molecule has 1 aromatic heterocycles. The number of benzene rings is 2. The van der Waals surface area contributed by atoms with E-state index in [4.69, 9.17) is 4.74 Å². The molecule has 2 heterocycles. The van der Waals surface area contributed by atoms with Crippen molar-refractivity contribution in [2.75, 3.05) is 11.9 Å². The summed E-state index contributed by atoms with van der Waals surface area (Å²) in [6.07, 6.45) is 1.01. The summed E-state index contributed by atoms with van der Waals surface area (Å²) in [6, 6.07) is 12.5. The molecule has 2 aromatic carbocycles. The minimum atomic E-state index is 0.0189. The quantitative estimate of drug-likeness (QED) is 0.748. The number of ether oxygens (including phenoxy) is 1. The number of hydrogen-bond donors (Lipinski definition) is 1. The fourth-order valence-corrected chi connectivity index (χ4v) is 3.65. The van der Waals surface area contributed by atoms with Gasteiger partial charge in [-0.3, -0.25) is 0 Å². The van der Waals surface area contributed by atoms with Crippen LogP contribution in [-0.2, 0) is 13.0 Å². The van der Waals surface area contributed by atoms with E-state index in [1.807, 2.05) is 12.1 Å². The topological polar surface area (TPSA) is 47.0 Å². The summed E-state index contributed by atoms with van der Waals surface area (Å²) in [6.45, 7) is 1.60. The average molecular weight is 330 g/mol. The van der Waals surface area contributed by atoms with Gasteiger partial charge < -0.3 is 0 Å². The molecule has 0 saturated heterocycles. The summed E-state index contributed by atoms with van der Waals surface area (Å²) in [5, 5.41) is 3.47. The fraction of sp³-hybridized carbons (Fsp3) is 0.200. The van der Waals surface area contributed by atoms with E-state index in [0.717, 1.165) is 42.0 Å². The van der Waals surface area contributed by atoms with Gasteiger partial charge in [0.05, 0.1) is 0 Å². The molecule has 1 aliphatic heterocycles. The second-order valence-corrected chi connectivity index (χ2v) is 5.94. The predicted octanol–water partition coefficient (Wildman–Crippen LogP) is 2.23. The Labute approximate surface area is 123 Å². The molecule has 0 unspecified atom stereocenters. The van der Waals surface area contributed by atoms with Gasteiger partial charge in [0.25, 0.3) is 0 Å². The van der Waals surface area contributed by atoms with E-state index in [9.17, 15) is 0 Å². The third-order valence-corrected chi connectivity index (χ3v) is 4.66. The molecule has 0 atom stereocenters. The first kappa shape index (κ1) is 11.9. The monoisotopic (exact) mass is 331 g/mol. The molecule has 1 aliphatic rings. The van der Waals surface area contributed by atoms with Crippen LogP contribution in [0.4, 0.5) is 5.69 Å². The van der Waals surface area contributed by atoms with Gasteiger partial charge in [0.15, 0.2) is 0 Å². The van der Waals surface area contributed by atoms with E-state index in [-0.39, 0.29) is 15.0 Å². The van der Waals surface area contributed by atoms with E-state index in [0.29, 0.717) is 0 Å². The van der Waals surface area contributed by atoms with Gasteiger partial charge in [-0.05, 0) is 0 Å². The normalized spacial score (nSPS) is 13.2. The van der Waals surface area contributed by atoms with Crippen molar-refractivity contribution in [1.82, 2.24) is 7.96 Å². The van der Waals surface area contributed by atoms with E-state index in [2.05, 4.69) is 37.5 Å². The zero-order valence-electron chi connectivity index (χ0n) is 10.8. The molecule has 100 valence electrons. The molecule has 0 radical (unpaired) electrons. The summed E-state index contributed by atoms with van der Waals surface area (Å²) in [7, 11) is 0. The molecule has 0 saturated carbocycles. The van der Waals surface area contributed by atoms with Crippen LogP contribution in [0.3, 0.4) is 0 Å². The molecule has 4 nitrogen and oxygen atoms in total. The van der Waals surface area contributed by atoms with E-state index in [1.165, 1.54) is 11.1 Å². The zero-order valence-corrected chi connectivity index (χ0v) is 12.5. The van der Waals surface area contributed by atoms with Crippen molar-refractivity contribution >= 4 is 31.7 Å². The van der Waals surface area contributed by atoms with Crippen molar-refractivity contribution in [3.05, 3.63) is 47.5 Å². The third-order valence-electron chi connectivity index (χ3n) is 3.52. The van der Waals surface area contributed by atoms with Gasteiger partial charge in [0.1, 0.15) is 0 Å². The van der Waals surface area contributed by atoms with Crippen molar-refractivity contribution in [1.29, 1.82) is 0 Å². The number of hydrogen-bond acceptors (Lipinski definition) is 4. The number of nitrogens with zero attached hydrogens (tertiary/aromatic N) is 2. The van der Waals surface area contributed by atoms with Crippen LogP contribution in [-0.4, -0.2) is 29.5 Å². The maximum atomic E-state index is 5.53. The predicted molar refractivity (Wildman–Crippen MR) is 79.4 cm³/mol. The summed E-state index contributed by atoms with van der Waals surface area (Å²) in [5.74, 6) is 1.03. The fourth-order valence-electron chi connectivity index (χ4n) is 2.50. The first-order valence-corrected chi connectivity index (χ1v) is 8.13. The number of rotatable bonds is 3. The van der Waals surface area contributed by atoms with Crippen molar-refractivity contribution in [3.8, 4) is 5.75 Å². The van der Waals surface area contributed by atoms with E-state index >= 15 is 0 Å². The number of nitrogens with one attached hydrogen (secondary N) is 1. The summed E-state index contributed by atoms with van der Waals surface area (Å²) >= 11 is 0.0189. The molecule has 0 amide bonds. The number of fused-ring (bicyclic) bond motifs is 2. The standard InChI is InChI=1S/C15H13N3OSe/c1-2-12(15-13(3-1)17-20-18-15)16-9-10-4-5-14-11(8-10)6-7-19-14/h1-5,8,16H,6-7,9H2. The zero-order chi connectivity index (χ0) is 13.4. The van der Waals surface area contributed by atoms with Crippen LogP contribution in [0.2, 0.25) is 0 Å². The molecule has 0 fully saturated rings. The molecule has 0 aliphatic carbocycles. The first-order chi connectivity index (χ1) is 9.90. The van der Waals surface area contributed by atoms with E-state index in [1.54, 1.807) is 0 Å².